The number of anilines is 1. The van der Waals surface area contributed by atoms with E-state index in [-0.39, 0.29) is 11.6 Å². The Hall–Kier alpha value is -3.19. The maximum absolute atomic E-state index is 13.2. The van der Waals surface area contributed by atoms with E-state index in [1.54, 1.807) is 0 Å². The Bertz CT molecular complexity index is 1300. The molecule has 7 nitrogen and oxygen atoms in total. The standard InChI is InChI=1S/C22H24N6O/c1-13-8-18(26-28-12-14(2)25-21(13)28)16-9-15-5-7-27(17-4-6-24-11-17)22(29)20(15)19(10-16)23-3/h5,7-10,12,17,23-24H,4,6,11H2,1-3H3/t17-/m0/s1. The van der Waals surface area contributed by atoms with Crippen molar-refractivity contribution >= 4 is 22.1 Å². The molecule has 0 spiro atoms. The first-order valence-electron chi connectivity index (χ1n) is 9.96. The van der Waals surface area contributed by atoms with Gasteiger partial charge in [-0.2, -0.15) is 5.10 Å². The Morgan fingerprint density at radius 2 is 2.10 bits per heavy atom. The van der Waals surface area contributed by atoms with Gasteiger partial charge in [-0.05, 0) is 62.0 Å². The number of pyridine rings is 1. The van der Waals surface area contributed by atoms with Crippen LogP contribution in [0.1, 0.15) is 23.7 Å². The second kappa shape index (κ2) is 6.70. The number of aryl methyl sites for hydroxylation is 2. The van der Waals surface area contributed by atoms with Gasteiger partial charge < -0.3 is 15.2 Å². The number of nitrogens with one attached hydrogen (secondary N) is 2. The SMILES string of the molecule is CNc1cc(-c2cc(C)c3nc(C)cn3n2)cc2ccn([C@H]3CCNC3)c(=O)c12. The molecule has 0 unspecified atom stereocenters. The summed E-state index contributed by atoms with van der Waals surface area (Å²) >= 11 is 0. The van der Waals surface area contributed by atoms with E-state index in [2.05, 4.69) is 15.6 Å². The smallest absolute Gasteiger partial charge is 0.260 e. The minimum Gasteiger partial charge on any atom is -0.387 e. The Labute approximate surface area is 168 Å². The van der Waals surface area contributed by atoms with Crippen LogP contribution in [0, 0.1) is 13.8 Å². The Kier molecular flexibility index (Phi) is 4.13. The lowest BCUT2D eigenvalue weighted by Gasteiger charge is -2.16. The lowest BCUT2D eigenvalue weighted by molar-refractivity contribution is 0.533. The lowest BCUT2D eigenvalue weighted by atomic mass is 10.0. The molecule has 1 saturated heterocycles. The molecule has 0 aliphatic carbocycles. The van der Waals surface area contributed by atoms with Crippen LogP contribution in [-0.4, -0.2) is 39.3 Å². The van der Waals surface area contributed by atoms with Gasteiger partial charge in [0, 0.05) is 31.0 Å². The molecule has 1 atom stereocenters. The molecule has 4 heterocycles. The monoisotopic (exact) mass is 388 g/mol. The zero-order valence-electron chi connectivity index (χ0n) is 16.9. The number of imidazole rings is 1. The molecule has 0 saturated carbocycles. The minimum absolute atomic E-state index is 0.0527. The summed E-state index contributed by atoms with van der Waals surface area (Å²) in [5, 5.41) is 12.9. The molecule has 1 aromatic carbocycles. The van der Waals surface area contributed by atoms with Crippen molar-refractivity contribution in [2.45, 2.75) is 26.3 Å². The van der Waals surface area contributed by atoms with Crippen LogP contribution in [0.5, 0.6) is 0 Å². The van der Waals surface area contributed by atoms with Crippen molar-refractivity contribution in [2.75, 3.05) is 25.5 Å². The van der Waals surface area contributed by atoms with E-state index in [1.807, 2.05) is 66.6 Å². The van der Waals surface area contributed by atoms with Gasteiger partial charge in [0.2, 0.25) is 0 Å². The quantitative estimate of drug-likeness (QED) is 0.564. The van der Waals surface area contributed by atoms with E-state index in [0.29, 0.717) is 0 Å². The normalized spacial score (nSPS) is 16.7. The second-order valence-corrected chi connectivity index (χ2v) is 7.78. The van der Waals surface area contributed by atoms with Crippen LogP contribution in [0.15, 0.2) is 41.5 Å². The van der Waals surface area contributed by atoms with E-state index in [0.717, 1.165) is 64.1 Å². The third kappa shape index (κ3) is 2.89. The molecule has 0 amide bonds. The van der Waals surface area contributed by atoms with E-state index >= 15 is 0 Å². The van der Waals surface area contributed by atoms with Gasteiger partial charge in [-0.25, -0.2) is 9.50 Å². The number of nitrogens with zero attached hydrogens (tertiary/aromatic N) is 4. The van der Waals surface area contributed by atoms with Gasteiger partial charge in [0.05, 0.1) is 29.0 Å². The first kappa shape index (κ1) is 17.9. The van der Waals surface area contributed by atoms with Gasteiger partial charge in [-0.15, -0.1) is 0 Å². The van der Waals surface area contributed by atoms with Crippen molar-refractivity contribution in [3.8, 4) is 11.3 Å². The molecule has 7 heteroatoms. The Morgan fingerprint density at radius 1 is 1.24 bits per heavy atom. The van der Waals surface area contributed by atoms with Crippen LogP contribution in [0.25, 0.3) is 27.7 Å². The number of hydrogen-bond acceptors (Lipinski definition) is 5. The van der Waals surface area contributed by atoms with Crippen molar-refractivity contribution in [1.82, 2.24) is 24.5 Å². The average Bonchev–Trinajstić information content (AvgIpc) is 3.36. The maximum Gasteiger partial charge on any atom is 0.260 e. The highest BCUT2D eigenvalue weighted by atomic mass is 16.1. The summed E-state index contributed by atoms with van der Waals surface area (Å²) in [7, 11) is 1.85. The summed E-state index contributed by atoms with van der Waals surface area (Å²) in [4.78, 5) is 17.8. The highest BCUT2D eigenvalue weighted by Crippen LogP contribution is 2.29. The van der Waals surface area contributed by atoms with Gasteiger partial charge in [0.1, 0.15) is 0 Å². The third-order valence-corrected chi connectivity index (χ3v) is 5.75. The molecule has 1 fully saturated rings. The van der Waals surface area contributed by atoms with E-state index in [4.69, 9.17) is 5.10 Å². The van der Waals surface area contributed by atoms with E-state index < -0.39 is 0 Å². The Morgan fingerprint density at radius 3 is 2.86 bits per heavy atom. The summed E-state index contributed by atoms with van der Waals surface area (Å²) in [6.07, 6.45) is 4.83. The Balaban J connectivity index is 1.70. The van der Waals surface area contributed by atoms with Crippen molar-refractivity contribution in [3.05, 3.63) is 58.3 Å². The molecule has 148 valence electrons. The molecule has 29 heavy (non-hydrogen) atoms. The highest BCUT2D eigenvalue weighted by molar-refractivity contribution is 5.96. The first-order valence-corrected chi connectivity index (χ1v) is 9.96. The van der Waals surface area contributed by atoms with Crippen LogP contribution in [0.3, 0.4) is 0 Å². The van der Waals surface area contributed by atoms with Gasteiger partial charge in [-0.3, -0.25) is 4.79 Å². The van der Waals surface area contributed by atoms with Crippen molar-refractivity contribution in [1.29, 1.82) is 0 Å². The molecular formula is C22H24N6O. The molecule has 2 N–H and O–H groups in total. The van der Waals surface area contributed by atoms with E-state index in [9.17, 15) is 4.79 Å². The molecule has 1 aliphatic heterocycles. The fourth-order valence-electron chi connectivity index (χ4n) is 4.29. The first-order chi connectivity index (χ1) is 14.0. The summed E-state index contributed by atoms with van der Waals surface area (Å²) in [6.45, 7) is 5.80. The van der Waals surface area contributed by atoms with Gasteiger partial charge >= 0.3 is 0 Å². The largest absolute Gasteiger partial charge is 0.387 e. The summed E-state index contributed by atoms with van der Waals surface area (Å²) in [6, 6.07) is 8.36. The molecular weight excluding hydrogens is 364 g/mol. The average molecular weight is 388 g/mol. The van der Waals surface area contributed by atoms with Crippen molar-refractivity contribution < 1.29 is 0 Å². The van der Waals surface area contributed by atoms with Crippen molar-refractivity contribution in [2.24, 2.45) is 0 Å². The van der Waals surface area contributed by atoms with Crippen LogP contribution < -0.4 is 16.2 Å². The maximum atomic E-state index is 13.2. The molecule has 4 aromatic rings. The fraction of sp³-hybridized carbons (Fsp3) is 0.318. The van der Waals surface area contributed by atoms with Gasteiger partial charge in [0.15, 0.2) is 5.65 Å². The van der Waals surface area contributed by atoms with Gasteiger partial charge in [-0.1, -0.05) is 0 Å². The van der Waals surface area contributed by atoms with Crippen LogP contribution in [0.4, 0.5) is 5.69 Å². The molecule has 5 rings (SSSR count). The topological polar surface area (TPSA) is 76.2 Å². The number of hydrogen-bond donors (Lipinski definition) is 2. The zero-order chi connectivity index (χ0) is 20.1. The van der Waals surface area contributed by atoms with Crippen molar-refractivity contribution in [3.63, 3.8) is 0 Å². The number of fused-ring (bicyclic) bond motifs is 2. The number of rotatable bonds is 3. The van der Waals surface area contributed by atoms with Crippen LogP contribution in [0.2, 0.25) is 0 Å². The predicted octanol–water partition coefficient (Wildman–Crippen LogP) is 2.90. The van der Waals surface area contributed by atoms with Crippen LogP contribution >= 0.6 is 0 Å². The van der Waals surface area contributed by atoms with E-state index in [1.165, 1.54) is 0 Å². The zero-order valence-corrected chi connectivity index (χ0v) is 16.9. The summed E-state index contributed by atoms with van der Waals surface area (Å²) in [5.74, 6) is 0. The van der Waals surface area contributed by atoms with Crippen LogP contribution in [-0.2, 0) is 0 Å². The highest BCUT2D eigenvalue weighted by Gasteiger charge is 2.20. The fourth-order valence-corrected chi connectivity index (χ4v) is 4.29. The number of benzene rings is 1. The third-order valence-electron chi connectivity index (χ3n) is 5.75. The molecule has 0 radical (unpaired) electrons. The molecule has 1 aliphatic rings. The number of aromatic nitrogens is 4. The predicted molar refractivity (Wildman–Crippen MR) is 116 cm³/mol. The van der Waals surface area contributed by atoms with Gasteiger partial charge in [0.25, 0.3) is 5.56 Å². The molecule has 3 aromatic heterocycles. The summed E-state index contributed by atoms with van der Waals surface area (Å²) in [5.41, 5.74) is 5.58. The lowest BCUT2D eigenvalue weighted by Crippen LogP contribution is -2.26. The minimum atomic E-state index is 0.0527. The second-order valence-electron chi connectivity index (χ2n) is 7.78. The summed E-state index contributed by atoms with van der Waals surface area (Å²) < 4.78 is 3.69. The molecule has 0 bridgehead atoms.